The lowest BCUT2D eigenvalue weighted by atomic mass is 10.1. The summed E-state index contributed by atoms with van der Waals surface area (Å²) in [6.45, 7) is 4.51. The van der Waals surface area contributed by atoms with Crippen LogP contribution in [0, 0.1) is 0 Å². The number of amides is 1. The molecule has 4 heteroatoms. The minimum Gasteiger partial charge on any atom is -0.341 e. The highest BCUT2D eigenvalue weighted by Crippen LogP contribution is 2.10. The van der Waals surface area contributed by atoms with Crippen LogP contribution in [0.2, 0.25) is 0 Å². The van der Waals surface area contributed by atoms with Gasteiger partial charge in [0.25, 0.3) is 0 Å². The van der Waals surface area contributed by atoms with Crippen molar-refractivity contribution >= 4 is 5.91 Å². The van der Waals surface area contributed by atoms with E-state index in [-0.39, 0.29) is 5.91 Å². The zero-order valence-corrected chi connectivity index (χ0v) is 14.1. The molecule has 1 aromatic heterocycles. The molecule has 24 heavy (non-hydrogen) atoms. The highest BCUT2D eigenvalue weighted by Gasteiger charge is 2.19. The maximum atomic E-state index is 12.5. The molecular formula is C20H25N3O. The first-order valence-electron chi connectivity index (χ1n) is 8.75. The minimum atomic E-state index is 0.276. The van der Waals surface area contributed by atoms with Gasteiger partial charge in [-0.2, -0.15) is 0 Å². The molecular weight excluding hydrogens is 298 g/mol. The number of pyridine rings is 1. The van der Waals surface area contributed by atoms with Crippen LogP contribution in [0.1, 0.15) is 24.1 Å². The molecule has 1 saturated heterocycles. The predicted molar refractivity (Wildman–Crippen MR) is 95.5 cm³/mol. The smallest absolute Gasteiger partial charge is 0.222 e. The maximum Gasteiger partial charge on any atom is 0.222 e. The predicted octanol–water partition coefficient (Wildman–Crippen LogP) is 2.75. The quantitative estimate of drug-likeness (QED) is 0.849. The van der Waals surface area contributed by atoms with Crippen molar-refractivity contribution in [2.24, 2.45) is 0 Å². The number of hydrogen-bond donors (Lipinski definition) is 0. The second-order valence-corrected chi connectivity index (χ2v) is 6.32. The number of aryl methyl sites for hydroxylation is 1. The normalized spacial score (nSPS) is 15.9. The Morgan fingerprint density at radius 2 is 1.79 bits per heavy atom. The lowest BCUT2D eigenvalue weighted by Crippen LogP contribution is -2.35. The Morgan fingerprint density at radius 1 is 0.958 bits per heavy atom. The summed E-state index contributed by atoms with van der Waals surface area (Å²) in [7, 11) is 0. The first-order chi connectivity index (χ1) is 11.8. The summed E-state index contributed by atoms with van der Waals surface area (Å²) >= 11 is 0. The fraction of sp³-hybridized carbons (Fsp3) is 0.400. The molecule has 2 heterocycles. The maximum absolute atomic E-state index is 12.5. The summed E-state index contributed by atoms with van der Waals surface area (Å²) in [5.74, 6) is 0.276. The van der Waals surface area contributed by atoms with E-state index in [1.54, 1.807) is 0 Å². The highest BCUT2D eigenvalue weighted by molar-refractivity contribution is 5.76. The zero-order valence-electron chi connectivity index (χ0n) is 14.1. The summed E-state index contributed by atoms with van der Waals surface area (Å²) in [5, 5.41) is 0. The molecule has 126 valence electrons. The lowest BCUT2D eigenvalue weighted by Gasteiger charge is -2.22. The molecule has 2 aromatic rings. The van der Waals surface area contributed by atoms with Crippen LogP contribution in [0.4, 0.5) is 0 Å². The van der Waals surface area contributed by atoms with E-state index in [1.807, 2.05) is 41.4 Å². The number of hydrogen-bond acceptors (Lipinski definition) is 3. The van der Waals surface area contributed by atoms with Crippen LogP contribution in [0.15, 0.2) is 54.7 Å². The van der Waals surface area contributed by atoms with Crippen molar-refractivity contribution in [1.82, 2.24) is 14.8 Å². The van der Waals surface area contributed by atoms with E-state index >= 15 is 0 Å². The molecule has 0 aliphatic carbocycles. The Bertz CT molecular complexity index is 630. The molecule has 0 radical (unpaired) electrons. The number of rotatable bonds is 5. The monoisotopic (exact) mass is 323 g/mol. The molecule has 0 N–H and O–H groups in total. The van der Waals surface area contributed by atoms with E-state index < -0.39 is 0 Å². The van der Waals surface area contributed by atoms with Gasteiger partial charge in [0.1, 0.15) is 0 Å². The third kappa shape index (κ3) is 4.90. The number of nitrogens with zero attached hydrogens (tertiary/aromatic N) is 3. The van der Waals surface area contributed by atoms with E-state index in [2.05, 4.69) is 28.1 Å². The Balaban J connectivity index is 1.47. The van der Waals surface area contributed by atoms with E-state index in [0.29, 0.717) is 6.42 Å². The van der Waals surface area contributed by atoms with Crippen molar-refractivity contribution in [3.8, 4) is 0 Å². The van der Waals surface area contributed by atoms with Crippen molar-refractivity contribution in [2.45, 2.75) is 25.8 Å². The van der Waals surface area contributed by atoms with Gasteiger partial charge in [0.15, 0.2) is 0 Å². The van der Waals surface area contributed by atoms with E-state index in [1.165, 1.54) is 5.56 Å². The molecule has 1 amide bonds. The summed E-state index contributed by atoms with van der Waals surface area (Å²) in [6, 6.07) is 16.3. The van der Waals surface area contributed by atoms with Crippen molar-refractivity contribution in [2.75, 3.05) is 26.2 Å². The summed E-state index contributed by atoms with van der Waals surface area (Å²) < 4.78 is 0. The van der Waals surface area contributed by atoms with Crippen molar-refractivity contribution in [3.63, 3.8) is 0 Å². The molecule has 0 saturated carbocycles. The van der Waals surface area contributed by atoms with Crippen LogP contribution in [-0.2, 0) is 17.8 Å². The molecule has 1 fully saturated rings. The summed E-state index contributed by atoms with van der Waals surface area (Å²) in [5.41, 5.74) is 2.33. The van der Waals surface area contributed by atoms with Crippen LogP contribution < -0.4 is 0 Å². The van der Waals surface area contributed by atoms with Crippen LogP contribution >= 0.6 is 0 Å². The number of carbonyl (C=O) groups is 1. The Kier molecular flexibility index (Phi) is 5.96. The molecule has 3 rings (SSSR count). The molecule has 0 bridgehead atoms. The van der Waals surface area contributed by atoms with Crippen LogP contribution in [-0.4, -0.2) is 46.9 Å². The van der Waals surface area contributed by atoms with Crippen LogP contribution in [0.25, 0.3) is 0 Å². The third-order valence-corrected chi connectivity index (χ3v) is 4.52. The fourth-order valence-corrected chi connectivity index (χ4v) is 3.15. The highest BCUT2D eigenvalue weighted by atomic mass is 16.2. The molecule has 0 spiro atoms. The van der Waals surface area contributed by atoms with Gasteiger partial charge in [-0.25, -0.2) is 0 Å². The molecule has 4 nitrogen and oxygen atoms in total. The zero-order chi connectivity index (χ0) is 16.6. The molecule has 1 aliphatic heterocycles. The van der Waals surface area contributed by atoms with Gasteiger partial charge >= 0.3 is 0 Å². The molecule has 0 atom stereocenters. The van der Waals surface area contributed by atoms with E-state index in [0.717, 1.165) is 51.3 Å². The molecule has 0 unspecified atom stereocenters. The minimum absolute atomic E-state index is 0.276. The number of carbonyl (C=O) groups excluding carboxylic acids is 1. The van der Waals surface area contributed by atoms with Gasteiger partial charge in [-0.1, -0.05) is 36.4 Å². The average molecular weight is 323 g/mol. The first-order valence-corrected chi connectivity index (χ1v) is 8.75. The van der Waals surface area contributed by atoms with Gasteiger partial charge in [0.2, 0.25) is 5.91 Å². The second kappa shape index (κ2) is 8.60. The number of aromatic nitrogens is 1. The fourth-order valence-electron chi connectivity index (χ4n) is 3.15. The van der Waals surface area contributed by atoms with Crippen molar-refractivity contribution in [1.29, 1.82) is 0 Å². The Hall–Kier alpha value is -2.20. The molecule has 1 aliphatic rings. The van der Waals surface area contributed by atoms with Gasteiger partial charge < -0.3 is 4.90 Å². The Labute approximate surface area is 144 Å². The van der Waals surface area contributed by atoms with Crippen molar-refractivity contribution in [3.05, 3.63) is 66.0 Å². The van der Waals surface area contributed by atoms with Gasteiger partial charge in [0, 0.05) is 45.3 Å². The lowest BCUT2D eigenvalue weighted by molar-refractivity contribution is -0.131. The van der Waals surface area contributed by atoms with Gasteiger partial charge in [-0.15, -0.1) is 0 Å². The largest absolute Gasteiger partial charge is 0.341 e. The third-order valence-electron chi connectivity index (χ3n) is 4.52. The van der Waals surface area contributed by atoms with Crippen molar-refractivity contribution < 1.29 is 4.79 Å². The summed E-state index contributed by atoms with van der Waals surface area (Å²) in [6.07, 6.45) is 4.30. The first kappa shape index (κ1) is 16.7. The van der Waals surface area contributed by atoms with E-state index in [9.17, 15) is 4.79 Å². The number of benzene rings is 1. The Morgan fingerprint density at radius 3 is 2.58 bits per heavy atom. The average Bonchev–Trinajstić information content (AvgIpc) is 2.87. The van der Waals surface area contributed by atoms with Gasteiger partial charge in [0.05, 0.1) is 5.69 Å². The van der Waals surface area contributed by atoms with Crippen LogP contribution in [0.3, 0.4) is 0 Å². The van der Waals surface area contributed by atoms with Gasteiger partial charge in [-0.3, -0.25) is 14.7 Å². The topological polar surface area (TPSA) is 36.4 Å². The van der Waals surface area contributed by atoms with Gasteiger partial charge in [-0.05, 0) is 30.5 Å². The summed E-state index contributed by atoms with van der Waals surface area (Å²) in [4.78, 5) is 21.3. The van der Waals surface area contributed by atoms with E-state index in [4.69, 9.17) is 0 Å². The standard InChI is InChI=1S/C20H25N3O/c24-20(11-10-18-7-2-1-3-8-18)23-14-6-13-22(15-16-23)17-19-9-4-5-12-21-19/h1-5,7-9,12H,6,10-11,13-17H2. The second-order valence-electron chi connectivity index (χ2n) is 6.32. The van der Waals surface area contributed by atoms with Crippen LogP contribution in [0.5, 0.6) is 0 Å². The SMILES string of the molecule is O=C(CCc1ccccc1)N1CCCN(Cc2ccccn2)CC1. The molecule has 1 aromatic carbocycles.